The van der Waals surface area contributed by atoms with Gasteiger partial charge in [-0.15, -0.1) is 0 Å². The summed E-state index contributed by atoms with van der Waals surface area (Å²) in [6, 6.07) is 15.4. The molecular weight excluding hydrogens is 359 g/mol. The van der Waals surface area contributed by atoms with Crippen molar-refractivity contribution in [2.24, 2.45) is 0 Å². The second kappa shape index (κ2) is 8.33. The third kappa shape index (κ3) is 4.44. The van der Waals surface area contributed by atoms with Crippen LogP contribution in [0.3, 0.4) is 0 Å². The minimum absolute atomic E-state index is 0.288. The largest absolute Gasteiger partial charge is 0.379 e. The zero-order valence-electron chi connectivity index (χ0n) is 15.3. The molecule has 6 nitrogen and oxygen atoms in total. The summed E-state index contributed by atoms with van der Waals surface area (Å²) in [5.74, 6) is -0.602. The highest BCUT2D eigenvalue weighted by Gasteiger charge is 2.13. The molecular formula is C21H21FN4O2. The number of nitrogens with one attached hydrogen (secondary N) is 1. The molecule has 1 aliphatic rings. The number of amides is 1. The highest BCUT2D eigenvalue weighted by atomic mass is 19.1. The molecule has 4 rings (SSSR count). The van der Waals surface area contributed by atoms with Gasteiger partial charge in [-0.3, -0.25) is 9.69 Å². The minimum atomic E-state index is -0.314. The maximum Gasteiger partial charge on any atom is 0.276 e. The monoisotopic (exact) mass is 380 g/mol. The van der Waals surface area contributed by atoms with Crippen LogP contribution in [0.1, 0.15) is 16.1 Å². The van der Waals surface area contributed by atoms with Gasteiger partial charge in [-0.25, -0.2) is 9.07 Å². The molecule has 0 radical (unpaired) electrons. The van der Waals surface area contributed by atoms with E-state index in [2.05, 4.69) is 15.3 Å². The molecule has 1 aromatic heterocycles. The van der Waals surface area contributed by atoms with Crippen LogP contribution in [-0.4, -0.2) is 46.9 Å². The molecule has 0 saturated carbocycles. The molecule has 1 N–H and O–H groups in total. The molecule has 144 valence electrons. The average Bonchev–Trinajstić information content (AvgIpc) is 3.20. The molecule has 1 amide bonds. The summed E-state index contributed by atoms with van der Waals surface area (Å²) in [4.78, 5) is 14.9. The van der Waals surface area contributed by atoms with Gasteiger partial charge >= 0.3 is 0 Å². The van der Waals surface area contributed by atoms with Gasteiger partial charge in [0.2, 0.25) is 0 Å². The summed E-state index contributed by atoms with van der Waals surface area (Å²) in [5.41, 5.74) is 2.85. The van der Waals surface area contributed by atoms with Crippen molar-refractivity contribution in [2.75, 3.05) is 31.6 Å². The number of aromatic nitrogens is 2. The number of ether oxygens (including phenoxy) is 1. The van der Waals surface area contributed by atoms with E-state index in [1.807, 2.05) is 24.3 Å². The van der Waals surface area contributed by atoms with E-state index in [0.717, 1.165) is 44.1 Å². The molecule has 1 fully saturated rings. The Morgan fingerprint density at radius 3 is 2.68 bits per heavy atom. The fraction of sp³-hybridized carbons (Fsp3) is 0.238. The molecule has 0 bridgehead atoms. The molecule has 1 aliphatic heterocycles. The van der Waals surface area contributed by atoms with Crippen LogP contribution in [-0.2, 0) is 11.3 Å². The summed E-state index contributed by atoms with van der Waals surface area (Å²) >= 11 is 0. The van der Waals surface area contributed by atoms with E-state index in [1.54, 1.807) is 29.1 Å². The van der Waals surface area contributed by atoms with Crippen LogP contribution in [0.2, 0.25) is 0 Å². The summed E-state index contributed by atoms with van der Waals surface area (Å²) in [6.45, 7) is 4.17. The Labute approximate surface area is 162 Å². The Hall–Kier alpha value is -3.03. The third-order valence-electron chi connectivity index (χ3n) is 4.61. The van der Waals surface area contributed by atoms with Gasteiger partial charge in [-0.05, 0) is 48.0 Å². The number of carbonyl (C=O) groups is 1. The summed E-state index contributed by atoms with van der Waals surface area (Å²) in [7, 11) is 0. The quantitative estimate of drug-likeness (QED) is 0.739. The van der Waals surface area contributed by atoms with Crippen molar-refractivity contribution in [3.05, 3.63) is 77.9 Å². The van der Waals surface area contributed by atoms with Gasteiger partial charge in [0.25, 0.3) is 5.91 Å². The van der Waals surface area contributed by atoms with E-state index in [9.17, 15) is 9.18 Å². The van der Waals surface area contributed by atoms with E-state index in [4.69, 9.17) is 4.74 Å². The Morgan fingerprint density at radius 2 is 1.89 bits per heavy atom. The normalized spacial score (nSPS) is 14.8. The number of anilines is 1. The Bertz CT molecular complexity index is 949. The van der Waals surface area contributed by atoms with Crippen molar-refractivity contribution in [3.63, 3.8) is 0 Å². The van der Waals surface area contributed by atoms with Gasteiger partial charge in [0.05, 0.1) is 18.9 Å². The summed E-state index contributed by atoms with van der Waals surface area (Å²) < 4.78 is 20.0. The van der Waals surface area contributed by atoms with E-state index in [-0.39, 0.29) is 11.7 Å². The third-order valence-corrected chi connectivity index (χ3v) is 4.61. The van der Waals surface area contributed by atoms with E-state index in [1.165, 1.54) is 12.1 Å². The Kier molecular flexibility index (Phi) is 5.45. The first-order chi connectivity index (χ1) is 13.7. The number of morpholine rings is 1. The molecule has 2 heterocycles. The lowest BCUT2D eigenvalue weighted by atomic mass is 10.2. The number of halogens is 1. The number of hydrogen-bond donors (Lipinski definition) is 1. The smallest absolute Gasteiger partial charge is 0.276 e. The van der Waals surface area contributed by atoms with Gasteiger partial charge in [0.15, 0.2) is 5.69 Å². The van der Waals surface area contributed by atoms with Gasteiger partial charge in [-0.1, -0.05) is 12.1 Å². The molecule has 7 heteroatoms. The molecule has 0 unspecified atom stereocenters. The molecule has 0 spiro atoms. The van der Waals surface area contributed by atoms with Gasteiger partial charge in [0, 0.05) is 31.5 Å². The number of rotatable bonds is 5. The van der Waals surface area contributed by atoms with Crippen LogP contribution in [0.5, 0.6) is 0 Å². The molecule has 2 aromatic carbocycles. The SMILES string of the molecule is O=C(Nc1cccc(CN2CCOCC2)c1)c1ccn(-c2ccc(F)cc2)n1. The van der Waals surface area contributed by atoms with Gasteiger partial charge in [-0.2, -0.15) is 5.10 Å². The van der Waals surface area contributed by atoms with Crippen molar-refractivity contribution >= 4 is 11.6 Å². The fourth-order valence-corrected chi connectivity index (χ4v) is 3.14. The van der Waals surface area contributed by atoms with Crippen LogP contribution >= 0.6 is 0 Å². The molecule has 0 atom stereocenters. The van der Waals surface area contributed by atoms with Crippen molar-refractivity contribution in [1.82, 2.24) is 14.7 Å². The van der Waals surface area contributed by atoms with Crippen LogP contribution in [0.4, 0.5) is 10.1 Å². The predicted molar refractivity (Wildman–Crippen MR) is 104 cm³/mol. The zero-order chi connectivity index (χ0) is 19.3. The maximum absolute atomic E-state index is 13.1. The van der Waals surface area contributed by atoms with Crippen molar-refractivity contribution in [1.29, 1.82) is 0 Å². The lowest BCUT2D eigenvalue weighted by molar-refractivity contribution is 0.0342. The highest BCUT2D eigenvalue weighted by molar-refractivity contribution is 6.02. The summed E-state index contributed by atoms with van der Waals surface area (Å²) in [6.07, 6.45) is 1.68. The Balaban J connectivity index is 1.42. The van der Waals surface area contributed by atoms with Crippen molar-refractivity contribution < 1.29 is 13.9 Å². The van der Waals surface area contributed by atoms with Crippen LogP contribution in [0.15, 0.2) is 60.8 Å². The maximum atomic E-state index is 13.1. The van der Waals surface area contributed by atoms with E-state index in [0.29, 0.717) is 11.4 Å². The number of nitrogens with zero attached hydrogens (tertiary/aromatic N) is 3. The van der Waals surface area contributed by atoms with E-state index < -0.39 is 0 Å². The molecule has 28 heavy (non-hydrogen) atoms. The second-order valence-electron chi connectivity index (χ2n) is 6.66. The predicted octanol–water partition coefficient (Wildman–Crippen LogP) is 3.10. The second-order valence-corrected chi connectivity index (χ2v) is 6.66. The first kappa shape index (κ1) is 18.3. The minimum Gasteiger partial charge on any atom is -0.379 e. The number of benzene rings is 2. The first-order valence-electron chi connectivity index (χ1n) is 9.19. The van der Waals surface area contributed by atoms with Crippen molar-refractivity contribution in [2.45, 2.75) is 6.54 Å². The lowest BCUT2D eigenvalue weighted by Crippen LogP contribution is -2.35. The lowest BCUT2D eigenvalue weighted by Gasteiger charge is -2.26. The fourth-order valence-electron chi connectivity index (χ4n) is 3.14. The van der Waals surface area contributed by atoms with Gasteiger partial charge in [0.1, 0.15) is 5.82 Å². The van der Waals surface area contributed by atoms with E-state index >= 15 is 0 Å². The van der Waals surface area contributed by atoms with Gasteiger partial charge < -0.3 is 10.1 Å². The zero-order valence-corrected chi connectivity index (χ0v) is 15.3. The number of hydrogen-bond acceptors (Lipinski definition) is 4. The molecule has 3 aromatic rings. The Morgan fingerprint density at radius 1 is 1.11 bits per heavy atom. The molecule has 1 saturated heterocycles. The van der Waals surface area contributed by atoms with Crippen LogP contribution < -0.4 is 5.32 Å². The van der Waals surface area contributed by atoms with Crippen LogP contribution in [0.25, 0.3) is 5.69 Å². The average molecular weight is 380 g/mol. The molecule has 0 aliphatic carbocycles. The highest BCUT2D eigenvalue weighted by Crippen LogP contribution is 2.15. The first-order valence-corrected chi connectivity index (χ1v) is 9.19. The standard InChI is InChI=1S/C21H21FN4O2/c22-17-4-6-19(7-5-17)26-9-8-20(24-26)21(27)23-18-3-1-2-16(14-18)15-25-10-12-28-13-11-25/h1-9,14H,10-13,15H2,(H,23,27). The van der Waals surface area contributed by atoms with Crippen LogP contribution in [0, 0.1) is 5.82 Å². The van der Waals surface area contributed by atoms with Crippen molar-refractivity contribution in [3.8, 4) is 5.69 Å². The number of carbonyl (C=O) groups excluding carboxylic acids is 1. The summed E-state index contributed by atoms with van der Waals surface area (Å²) in [5, 5.41) is 7.17. The topological polar surface area (TPSA) is 59.4 Å².